The summed E-state index contributed by atoms with van der Waals surface area (Å²) >= 11 is 0. The largest absolute Gasteiger partial charge is 0.336 e. The Kier molecular flexibility index (Phi) is 4.92. The molecule has 1 fully saturated rings. The summed E-state index contributed by atoms with van der Waals surface area (Å²) in [5.41, 5.74) is 2.75. The molecule has 132 valence electrons. The normalized spacial score (nSPS) is 16.0. The van der Waals surface area contributed by atoms with Gasteiger partial charge >= 0.3 is 0 Å². The van der Waals surface area contributed by atoms with Crippen LogP contribution in [0.3, 0.4) is 0 Å². The van der Waals surface area contributed by atoms with Gasteiger partial charge in [0.05, 0.1) is 4.90 Å². The molecule has 5 nitrogen and oxygen atoms in total. The van der Waals surface area contributed by atoms with E-state index in [1.165, 1.54) is 4.31 Å². The number of hydrogen-bond donors (Lipinski definition) is 0. The minimum atomic E-state index is -3.49. The molecule has 0 aliphatic carbocycles. The van der Waals surface area contributed by atoms with Crippen LogP contribution in [-0.2, 0) is 10.0 Å². The van der Waals surface area contributed by atoms with E-state index in [2.05, 4.69) is 0 Å². The van der Waals surface area contributed by atoms with Gasteiger partial charge in [-0.1, -0.05) is 35.9 Å². The van der Waals surface area contributed by atoms with Crippen LogP contribution >= 0.6 is 0 Å². The second kappa shape index (κ2) is 6.98. The third kappa shape index (κ3) is 3.60. The molecule has 1 amide bonds. The zero-order valence-electron chi connectivity index (χ0n) is 14.5. The fourth-order valence-corrected chi connectivity index (χ4v) is 4.54. The Labute approximate surface area is 148 Å². The first-order valence-electron chi connectivity index (χ1n) is 8.31. The van der Waals surface area contributed by atoms with Crippen LogP contribution in [0.2, 0.25) is 0 Å². The van der Waals surface area contributed by atoms with Crippen LogP contribution < -0.4 is 0 Å². The Morgan fingerprint density at radius 1 is 0.920 bits per heavy atom. The molecule has 1 aliphatic rings. The summed E-state index contributed by atoms with van der Waals surface area (Å²) in [6, 6.07) is 14.2. The van der Waals surface area contributed by atoms with Crippen LogP contribution in [0.1, 0.15) is 21.5 Å². The minimum absolute atomic E-state index is 0.0331. The highest BCUT2D eigenvalue weighted by Crippen LogP contribution is 2.19. The fraction of sp³-hybridized carbons (Fsp3) is 0.316. The zero-order valence-corrected chi connectivity index (χ0v) is 15.3. The second-order valence-electron chi connectivity index (χ2n) is 6.33. The van der Waals surface area contributed by atoms with Crippen LogP contribution in [0.25, 0.3) is 0 Å². The summed E-state index contributed by atoms with van der Waals surface area (Å²) in [6.45, 7) is 5.35. The highest BCUT2D eigenvalue weighted by Gasteiger charge is 2.30. The molecular formula is C19H22N2O3S. The maximum atomic E-state index is 12.7. The van der Waals surface area contributed by atoms with Crippen molar-refractivity contribution in [3.8, 4) is 0 Å². The van der Waals surface area contributed by atoms with Crippen molar-refractivity contribution in [3.63, 3.8) is 0 Å². The maximum absolute atomic E-state index is 12.7. The quantitative estimate of drug-likeness (QED) is 0.847. The summed E-state index contributed by atoms with van der Waals surface area (Å²) in [7, 11) is -3.49. The molecule has 6 heteroatoms. The number of rotatable bonds is 3. The first kappa shape index (κ1) is 17.6. The van der Waals surface area contributed by atoms with Gasteiger partial charge < -0.3 is 4.90 Å². The number of sulfonamides is 1. The summed E-state index contributed by atoms with van der Waals surface area (Å²) in [5.74, 6) is -0.0331. The van der Waals surface area contributed by atoms with Crippen molar-refractivity contribution >= 4 is 15.9 Å². The van der Waals surface area contributed by atoms with Crippen LogP contribution in [0.5, 0.6) is 0 Å². The van der Waals surface area contributed by atoms with Crippen molar-refractivity contribution in [2.24, 2.45) is 0 Å². The number of benzene rings is 2. The van der Waals surface area contributed by atoms with Gasteiger partial charge in [0.1, 0.15) is 0 Å². The highest BCUT2D eigenvalue weighted by atomic mass is 32.2. The summed E-state index contributed by atoms with van der Waals surface area (Å²) < 4.78 is 26.7. The van der Waals surface area contributed by atoms with E-state index in [9.17, 15) is 13.2 Å². The lowest BCUT2D eigenvalue weighted by atomic mass is 10.0. The summed E-state index contributed by atoms with van der Waals surface area (Å²) in [4.78, 5) is 14.7. The Hall–Kier alpha value is -2.18. The molecule has 1 saturated heterocycles. The van der Waals surface area contributed by atoms with Gasteiger partial charge in [0.15, 0.2) is 0 Å². The van der Waals surface area contributed by atoms with Crippen molar-refractivity contribution in [3.05, 3.63) is 65.2 Å². The van der Waals surface area contributed by atoms with Gasteiger partial charge in [-0.2, -0.15) is 4.31 Å². The van der Waals surface area contributed by atoms with E-state index < -0.39 is 10.0 Å². The molecule has 25 heavy (non-hydrogen) atoms. The Balaban J connectivity index is 1.70. The maximum Gasteiger partial charge on any atom is 0.254 e. The number of aryl methyl sites for hydroxylation is 2. The fourth-order valence-electron chi connectivity index (χ4n) is 3.10. The second-order valence-corrected chi connectivity index (χ2v) is 8.27. The Bertz CT molecular complexity index is 871. The van der Waals surface area contributed by atoms with E-state index in [4.69, 9.17) is 0 Å². The first-order valence-corrected chi connectivity index (χ1v) is 9.75. The van der Waals surface area contributed by atoms with Crippen molar-refractivity contribution in [2.75, 3.05) is 26.2 Å². The van der Waals surface area contributed by atoms with Crippen LogP contribution in [0, 0.1) is 13.8 Å². The monoisotopic (exact) mass is 358 g/mol. The third-order valence-electron chi connectivity index (χ3n) is 4.52. The van der Waals surface area contributed by atoms with E-state index in [0.717, 1.165) is 11.1 Å². The number of carbonyl (C=O) groups is 1. The average Bonchev–Trinajstić information content (AvgIpc) is 2.62. The van der Waals surface area contributed by atoms with Gasteiger partial charge in [-0.3, -0.25) is 4.79 Å². The molecule has 0 bridgehead atoms. The average molecular weight is 358 g/mol. The summed E-state index contributed by atoms with van der Waals surface area (Å²) in [6.07, 6.45) is 0. The SMILES string of the molecule is Cc1ccc(C(=O)N2CCN(S(=O)(=O)c3ccccc3)CC2)c(C)c1. The van der Waals surface area contributed by atoms with Crippen LogP contribution in [-0.4, -0.2) is 49.7 Å². The van der Waals surface area contributed by atoms with E-state index in [1.807, 2.05) is 32.0 Å². The van der Waals surface area contributed by atoms with E-state index in [-0.39, 0.29) is 5.91 Å². The van der Waals surface area contributed by atoms with Crippen molar-refractivity contribution in [1.82, 2.24) is 9.21 Å². The molecule has 0 spiro atoms. The van der Waals surface area contributed by atoms with Gasteiger partial charge in [-0.05, 0) is 37.6 Å². The molecular weight excluding hydrogens is 336 g/mol. The van der Waals surface area contributed by atoms with Gasteiger partial charge in [-0.15, -0.1) is 0 Å². The minimum Gasteiger partial charge on any atom is -0.336 e. The predicted octanol–water partition coefficient (Wildman–Crippen LogP) is 2.45. The first-order chi connectivity index (χ1) is 11.9. The molecule has 1 heterocycles. The predicted molar refractivity (Wildman–Crippen MR) is 97.0 cm³/mol. The van der Waals surface area contributed by atoms with E-state index >= 15 is 0 Å². The number of carbonyl (C=O) groups excluding carboxylic acids is 1. The molecule has 2 aromatic carbocycles. The van der Waals surface area contributed by atoms with Gasteiger partial charge in [0, 0.05) is 31.7 Å². The lowest BCUT2D eigenvalue weighted by molar-refractivity contribution is 0.0697. The lowest BCUT2D eigenvalue weighted by Gasteiger charge is -2.34. The summed E-state index contributed by atoms with van der Waals surface area (Å²) in [5, 5.41) is 0. The number of piperazine rings is 1. The Morgan fingerprint density at radius 2 is 1.56 bits per heavy atom. The molecule has 0 aromatic heterocycles. The molecule has 2 aromatic rings. The Morgan fingerprint density at radius 3 is 2.16 bits per heavy atom. The molecule has 0 N–H and O–H groups in total. The van der Waals surface area contributed by atoms with Gasteiger partial charge in [-0.25, -0.2) is 8.42 Å². The van der Waals surface area contributed by atoms with Gasteiger partial charge in [0.25, 0.3) is 5.91 Å². The lowest BCUT2D eigenvalue weighted by Crippen LogP contribution is -2.50. The van der Waals surface area contributed by atoms with Crippen molar-refractivity contribution in [1.29, 1.82) is 0 Å². The molecule has 0 unspecified atom stereocenters. The van der Waals surface area contributed by atoms with E-state index in [1.54, 1.807) is 35.2 Å². The zero-order chi connectivity index (χ0) is 18.0. The smallest absolute Gasteiger partial charge is 0.254 e. The molecule has 1 aliphatic heterocycles. The number of nitrogens with zero attached hydrogens (tertiary/aromatic N) is 2. The van der Waals surface area contributed by atoms with E-state index in [0.29, 0.717) is 36.6 Å². The highest BCUT2D eigenvalue weighted by molar-refractivity contribution is 7.89. The van der Waals surface area contributed by atoms with Crippen LogP contribution in [0.15, 0.2) is 53.4 Å². The van der Waals surface area contributed by atoms with Crippen molar-refractivity contribution < 1.29 is 13.2 Å². The standard InChI is InChI=1S/C19H22N2O3S/c1-15-8-9-18(16(2)14-15)19(22)20-10-12-21(13-11-20)25(23,24)17-6-4-3-5-7-17/h3-9,14H,10-13H2,1-2H3. The van der Waals surface area contributed by atoms with Gasteiger partial charge in [0.2, 0.25) is 10.0 Å². The number of amides is 1. The topological polar surface area (TPSA) is 57.7 Å². The molecule has 0 radical (unpaired) electrons. The third-order valence-corrected chi connectivity index (χ3v) is 6.43. The number of hydrogen-bond acceptors (Lipinski definition) is 3. The van der Waals surface area contributed by atoms with Crippen molar-refractivity contribution in [2.45, 2.75) is 18.7 Å². The van der Waals surface area contributed by atoms with Crippen LogP contribution in [0.4, 0.5) is 0 Å². The molecule has 0 saturated carbocycles. The molecule has 0 atom stereocenters. The molecule has 3 rings (SSSR count).